The highest BCUT2D eigenvalue weighted by Crippen LogP contribution is 2.30. The summed E-state index contributed by atoms with van der Waals surface area (Å²) in [7, 11) is 0. The Hall–Kier alpha value is -1.71. The van der Waals surface area contributed by atoms with E-state index in [1.165, 1.54) is 18.7 Å². The van der Waals surface area contributed by atoms with Crippen LogP contribution < -0.4 is 4.74 Å². The summed E-state index contributed by atoms with van der Waals surface area (Å²) in [6, 6.07) is 15.0. The molecular weight excluding hydrogens is 292 g/mol. The van der Waals surface area contributed by atoms with E-state index < -0.39 is 0 Å². The minimum absolute atomic E-state index is 0.326. The van der Waals surface area contributed by atoms with Crippen LogP contribution in [0.1, 0.15) is 12.5 Å². The molecule has 0 aliphatic heterocycles. The number of hydrogen-bond acceptors (Lipinski definition) is 3. The Bertz CT molecular complexity index is 638. The van der Waals surface area contributed by atoms with Gasteiger partial charge in [0.25, 0.3) is 0 Å². The van der Waals surface area contributed by atoms with Gasteiger partial charge in [-0.2, -0.15) is 0 Å². The van der Waals surface area contributed by atoms with Crippen LogP contribution in [-0.4, -0.2) is 5.97 Å². The van der Waals surface area contributed by atoms with Gasteiger partial charge in [-0.1, -0.05) is 53.7 Å². The molecule has 2 aromatic rings. The van der Waals surface area contributed by atoms with Gasteiger partial charge >= 0.3 is 5.97 Å². The predicted molar refractivity (Wildman–Crippen MR) is 84.1 cm³/mol. The summed E-state index contributed by atoms with van der Waals surface area (Å²) in [6.07, 6.45) is 1.93. The number of carbonyl (C=O) groups excluding carboxylic acids is 1. The number of para-hydroxylation sites is 1. The maximum atomic E-state index is 11.0. The molecule has 0 bridgehead atoms. The van der Waals surface area contributed by atoms with Crippen molar-refractivity contribution in [2.24, 2.45) is 0 Å². The van der Waals surface area contributed by atoms with Gasteiger partial charge in [0.15, 0.2) is 0 Å². The Morgan fingerprint density at radius 2 is 1.85 bits per heavy atom. The molecule has 2 rings (SSSR count). The maximum absolute atomic E-state index is 11.0. The molecule has 0 radical (unpaired) electrons. The third-order valence-corrected chi connectivity index (χ3v) is 3.66. The Kier molecular flexibility index (Phi) is 5.27. The largest absolute Gasteiger partial charge is 0.426 e. The molecule has 0 aliphatic rings. The molecule has 0 amide bonds. The molecule has 0 N–H and O–H groups in total. The van der Waals surface area contributed by atoms with Crippen molar-refractivity contribution in [3.8, 4) is 5.75 Å². The first-order valence-electron chi connectivity index (χ1n) is 6.02. The van der Waals surface area contributed by atoms with E-state index in [1.807, 2.05) is 53.9 Å². The zero-order valence-electron chi connectivity index (χ0n) is 10.9. The van der Waals surface area contributed by atoms with Crippen molar-refractivity contribution >= 4 is 35.4 Å². The first kappa shape index (κ1) is 14.7. The lowest BCUT2D eigenvalue weighted by Gasteiger charge is -2.05. The molecule has 0 fully saturated rings. The number of halogens is 1. The van der Waals surface area contributed by atoms with Crippen LogP contribution in [-0.2, 0) is 4.79 Å². The third-order valence-electron chi connectivity index (χ3n) is 2.45. The summed E-state index contributed by atoms with van der Waals surface area (Å²) >= 11 is 7.55. The van der Waals surface area contributed by atoms with Gasteiger partial charge < -0.3 is 4.74 Å². The Labute approximate surface area is 127 Å². The summed E-state index contributed by atoms with van der Waals surface area (Å²) in [5.74, 6) is 0.238. The Morgan fingerprint density at radius 3 is 2.60 bits per heavy atom. The molecule has 0 heterocycles. The van der Waals surface area contributed by atoms with Crippen LogP contribution in [0.2, 0.25) is 5.02 Å². The zero-order valence-corrected chi connectivity index (χ0v) is 12.4. The fourth-order valence-corrected chi connectivity index (χ4v) is 2.52. The average molecular weight is 305 g/mol. The maximum Gasteiger partial charge on any atom is 0.308 e. The van der Waals surface area contributed by atoms with E-state index in [0.717, 1.165) is 10.5 Å². The molecule has 0 saturated heterocycles. The summed E-state index contributed by atoms with van der Waals surface area (Å²) < 4.78 is 5.15. The normalized spacial score (nSPS) is 10.7. The van der Waals surface area contributed by atoms with Crippen LogP contribution in [0.25, 0.3) is 6.08 Å². The average Bonchev–Trinajstić information content (AvgIpc) is 2.42. The van der Waals surface area contributed by atoms with Gasteiger partial charge in [-0.05, 0) is 35.2 Å². The fourth-order valence-electron chi connectivity index (χ4n) is 1.58. The third kappa shape index (κ3) is 4.15. The summed E-state index contributed by atoms with van der Waals surface area (Å²) in [5.41, 5.74) is 0.951. The molecule has 0 aliphatic carbocycles. The molecule has 0 saturated carbocycles. The number of hydrogen-bond donors (Lipinski definition) is 0. The summed E-state index contributed by atoms with van der Waals surface area (Å²) in [4.78, 5) is 11.9. The van der Waals surface area contributed by atoms with Gasteiger partial charge in [-0.15, -0.1) is 0 Å². The quantitative estimate of drug-likeness (QED) is 0.450. The van der Waals surface area contributed by atoms with E-state index >= 15 is 0 Å². The second kappa shape index (κ2) is 7.17. The standard InChI is InChI=1S/C16H13ClO2S/c1-12(18)19-15-8-4-5-9-16(15)20-11-10-13-6-2-3-7-14(13)17/h2-11H,1H3/b11-10-. The van der Waals surface area contributed by atoms with E-state index in [1.54, 1.807) is 6.07 Å². The second-order valence-electron chi connectivity index (χ2n) is 3.98. The van der Waals surface area contributed by atoms with E-state index in [0.29, 0.717) is 10.8 Å². The van der Waals surface area contributed by atoms with Crippen LogP contribution in [0.3, 0.4) is 0 Å². The molecular formula is C16H13ClO2S. The molecule has 0 spiro atoms. The first-order chi connectivity index (χ1) is 9.66. The van der Waals surface area contributed by atoms with Gasteiger partial charge in [0.2, 0.25) is 0 Å². The van der Waals surface area contributed by atoms with Crippen LogP contribution in [0.5, 0.6) is 5.75 Å². The van der Waals surface area contributed by atoms with E-state index in [9.17, 15) is 4.79 Å². The number of rotatable bonds is 4. The lowest BCUT2D eigenvalue weighted by molar-refractivity contribution is -0.132. The Morgan fingerprint density at radius 1 is 1.15 bits per heavy atom. The lowest BCUT2D eigenvalue weighted by atomic mass is 10.2. The van der Waals surface area contributed by atoms with E-state index in [2.05, 4.69) is 0 Å². The number of ether oxygens (including phenoxy) is 1. The van der Waals surface area contributed by atoms with Gasteiger partial charge in [0.1, 0.15) is 5.75 Å². The molecule has 0 aromatic heterocycles. The minimum atomic E-state index is -0.326. The van der Waals surface area contributed by atoms with Crippen molar-refractivity contribution in [3.05, 3.63) is 64.5 Å². The second-order valence-corrected chi connectivity index (χ2v) is 5.34. The highest BCUT2D eigenvalue weighted by Gasteiger charge is 2.04. The van der Waals surface area contributed by atoms with Crippen molar-refractivity contribution in [1.82, 2.24) is 0 Å². The van der Waals surface area contributed by atoms with Crippen LogP contribution in [0.4, 0.5) is 0 Å². The van der Waals surface area contributed by atoms with E-state index in [4.69, 9.17) is 16.3 Å². The van der Waals surface area contributed by atoms with Crippen LogP contribution in [0.15, 0.2) is 58.8 Å². The van der Waals surface area contributed by atoms with Gasteiger partial charge in [-0.3, -0.25) is 4.79 Å². The van der Waals surface area contributed by atoms with Crippen LogP contribution in [0, 0.1) is 0 Å². The fraction of sp³-hybridized carbons (Fsp3) is 0.0625. The molecule has 2 nitrogen and oxygen atoms in total. The van der Waals surface area contributed by atoms with Gasteiger partial charge in [0.05, 0.1) is 4.90 Å². The summed E-state index contributed by atoms with van der Waals surface area (Å²) in [6.45, 7) is 1.39. The molecule has 0 unspecified atom stereocenters. The molecule has 20 heavy (non-hydrogen) atoms. The van der Waals surface area contributed by atoms with Crippen molar-refractivity contribution in [1.29, 1.82) is 0 Å². The highest BCUT2D eigenvalue weighted by atomic mass is 35.5. The number of carbonyl (C=O) groups is 1. The van der Waals surface area contributed by atoms with E-state index in [-0.39, 0.29) is 5.97 Å². The zero-order chi connectivity index (χ0) is 14.4. The summed E-state index contributed by atoms with van der Waals surface area (Å²) in [5, 5.41) is 2.63. The van der Waals surface area contributed by atoms with Crippen molar-refractivity contribution in [3.63, 3.8) is 0 Å². The minimum Gasteiger partial charge on any atom is -0.426 e. The lowest BCUT2D eigenvalue weighted by Crippen LogP contribution is -2.01. The predicted octanol–water partition coefficient (Wildman–Crippen LogP) is 5.03. The van der Waals surface area contributed by atoms with Crippen molar-refractivity contribution in [2.45, 2.75) is 11.8 Å². The number of benzene rings is 2. The van der Waals surface area contributed by atoms with Crippen molar-refractivity contribution in [2.75, 3.05) is 0 Å². The molecule has 2 aromatic carbocycles. The van der Waals surface area contributed by atoms with Crippen molar-refractivity contribution < 1.29 is 9.53 Å². The topological polar surface area (TPSA) is 26.3 Å². The first-order valence-corrected chi connectivity index (χ1v) is 7.28. The molecule has 0 atom stereocenters. The number of esters is 1. The molecule has 4 heteroatoms. The SMILES string of the molecule is CC(=O)Oc1ccccc1S/C=C\c1ccccc1Cl. The molecule has 102 valence electrons. The number of thioether (sulfide) groups is 1. The monoisotopic (exact) mass is 304 g/mol. The van der Waals surface area contributed by atoms with Gasteiger partial charge in [0, 0.05) is 11.9 Å². The Balaban J connectivity index is 2.11. The van der Waals surface area contributed by atoms with Gasteiger partial charge in [-0.25, -0.2) is 0 Å². The smallest absolute Gasteiger partial charge is 0.308 e. The van der Waals surface area contributed by atoms with Crippen LogP contribution >= 0.6 is 23.4 Å². The highest BCUT2D eigenvalue weighted by molar-refractivity contribution is 8.02.